The highest BCUT2D eigenvalue weighted by Gasteiger charge is 2.04. The van der Waals surface area contributed by atoms with E-state index in [0.717, 1.165) is 43.1 Å². The Kier molecular flexibility index (Phi) is 9.07. The van der Waals surface area contributed by atoms with Crippen molar-refractivity contribution in [3.8, 4) is 10.6 Å². The van der Waals surface area contributed by atoms with Crippen molar-refractivity contribution in [3.63, 3.8) is 0 Å². The van der Waals surface area contributed by atoms with Crippen LogP contribution in [-0.2, 0) is 6.42 Å². The number of hydrogen-bond acceptors (Lipinski definition) is 3. The molecular formula is C16H23IN4S. The number of rotatable bonds is 7. The molecule has 0 saturated carbocycles. The van der Waals surface area contributed by atoms with Crippen molar-refractivity contribution in [2.75, 3.05) is 13.1 Å². The molecule has 2 aromatic rings. The van der Waals surface area contributed by atoms with Gasteiger partial charge in [-0.1, -0.05) is 43.7 Å². The first kappa shape index (κ1) is 18.9. The highest BCUT2D eigenvalue weighted by atomic mass is 127. The van der Waals surface area contributed by atoms with Crippen molar-refractivity contribution >= 4 is 41.3 Å². The fourth-order valence-corrected chi connectivity index (χ4v) is 2.73. The van der Waals surface area contributed by atoms with Gasteiger partial charge in [-0.15, -0.1) is 35.3 Å². The van der Waals surface area contributed by atoms with Gasteiger partial charge < -0.3 is 11.1 Å². The lowest BCUT2D eigenvalue weighted by atomic mass is 10.2. The quantitative estimate of drug-likeness (QED) is 0.305. The number of hydrogen-bond donors (Lipinski definition) is 2. The summed E-state index contributed by atoms with van der Waals surface area (Å²) in [5.41, 5.74) is 8.06. The molecule has 4 nitrogen and oxygen atoms in total. The highest BCUT2D eigenvalue weighted by Crippen LogP contribution is 2.23. The van der Waals surface area contributed by atoms with Crippen LogP contribution in [0.5, 0.6) is 0 Å². The van der Waals surface area contributed by atoms with Gasteiger partial charge in [-0.25, -0.2) is 4.98 Å². The van der Waals surface area contributed by atoms with Crippen LogP contribution in [0.4, 0.5) is 0 Å². The zero-order chi connectivity index (χ0) is 14.9. The van der Waals surface area contributed by atoms with Gasteiger partial charge in [-0.05, 0) is 6.42 Å². The number of nitrogens with one attached hydrogen (secondary N) is 1. The first-order chi connectivity index (χ1) is 10.3. The Hall–Kier alpha value is -1.15. The summed E-state index contributed by atoms with van der Waals surface area (Å²) < 4.78 is 0. The average Bonchev–Trinajstić information content (AvgIpc) is 2.97. The largest absolute Gasteiger partial charge is 0.370 e. The molecule has 1 aromatic heterocycles. The van der Waals surface area contributed by atoms with Gasteiger partial charge in [-0.3, -0.25) is 4.99 Å². The van der Waals surface area contributed by atoms with Gasteiger partial charge in [0.15, 0.2) is 5.96 Å². The topological polar surface area (TPSA) is 63.3 Å². The van der Waals surface area contributed by atoms with Gasteiger partial charge in [0, 0.05) is 30.5 Å². The minimum absolute atomic E-state index is 0. The molecule has 0 amide bonds. The first-order valence-corrected chi connectivity index (χ1v) is 8.21. The number of halogens is 1. The monoisotopic (exact) mass is 430 g/mol. The number of aromatic nitrogens is 1. The van der Waals surface area contributed by atoms with Crippen molar-refractivity contribution in [2.45, 2.75) is 26.2 Å². The molecule has 6 heteroatoms. The molecule has 0 atom stereocenters. The summed E-state index contributed by atoms with van der Waals surface area (Å²) in [7, 11) is 0. The summed E-state index contributed by atoms with van der Waals surface area (Å²) >= 11 is 1.68. The maximum absolute atomic E-state index is 5.80. The molecule has 0 radical (unpaired) electrons. The van der Waals surface area contributed by atoms with E-state index < -0.39 is 0 Å². The van der Waals surface area contributed by atoms with Crippen LogP contribution in [0.1, 0.15) is 25.5 Å². The summed E-state index contributed by atoms with van der Waals surface area (Å²) in [4.78, 5) is 8.91. The van der Waals surface area contributed by atoms with E-state index in [-0.39, 0.29) is 24.0 Å². The normalized spacial score (nSPS) is 11.0. The lowest BCUT2D eigenvalue weighted by molar-refractivity contribution is 0.788. The molecule has 0 unspecified atom stereocenters. The molecule has 0 spiro atoms. The molecule has 120 valence electrons. The second-order valence-corrected chi connectivity index (χ2v) is 5.67. The van der Waals surface area contributed by atoms with Crippen LogP contribution < -0.4 is 11.1 Å². The number of guanidine groups is 1. The van der Waals surface area contributed by atoms with E-state index in [9.17, 15) is 0 Å². The Morgan fingerprint density at radius 1 is 1.32 bits per heavy atom. The second kappa shape index (κ2) is 10.6. The number of benzene rings is 1. The Balaban J connectivity index is 0.00000242. The molecule has 1 heterocycles. The van der Waals surface area contributed by atoms with E-state index in [0.29, 0.717) is 5.96 Å². The third-order valence-electron chi connectivity index (χ3n) is 3.05. The summed E-state index contributed by atoms with van der Waals surface area (Å²) in [6, 6.07) is 10.2. The summed E-state index contributed by atoms with van der Waals surface area (Å²) in [6.07, 6.45) is 3.07. The van der Waals surface area contributed by atoms with E-state index in [1.807, 2.05) is 18.2 Å². The van der Waals surface area contributed by atoms with Crippen LogP contribution in [-0.4, -0.2) is 24.0 Å². The maximum Gasteiger partial charge on any atom is 0.188 e. The standard InChI is InChI=1S/C16H22N4S.HI/c1-2-3-10-18-16(17)19-11-9-14-12-21-15(20-14)13-7-5-4-6-8-13;/h4-8,12H,2-3,9-11H2,1H3,(H3,17,18,19);1H. The molecule has 0 aliphatic rings. The Bertz CT molecular complexity index is 569. The minimum atomic E-state index is 0. The van der Waals surface area contributed by atoms with Crippen LogP contribution in [0.3, 0.4) is 0 Å². The van der Waals surface area contributed by atoms with Gasteiger partial charge in [0.2, 0.25) is 0 Å². The smallest absolute Gasteiger partial charge is 0.188 e. The van der Waals surface area contributed by atoms with Gasteiger partial charge in [0.25, 0.3) is 0 Å². The number of unbranched alkanes of at least 4 members (excludes halogenated alkanes) is 1. The van der Waals surface area contributed by atoms with Crippen molar-refractivity contribution < 1.29 is 0 Å². The summed E-state index contributed by atoms with van der Waals surface area (Å²) in [6.45, 7) is 3.70. The summed E-state index contributed by atoms with van der Waals surface area (Å²) in [5.74, 6) is 0.530. The molecule has 22 heavy (non-hydrogen) atoms. The van der Waals surface area contributed by atoms with E-state index in [4.69, 9.17) is 5.73 Å². The van der Waals surface area contributed by atoms with E-state index in [1.165, 1.54) is 5.56 Å². The molecule has 0 aliphatic carbocycles. The third-order valence-corrected chi connectivity index (χ3v) is 3.99. The number of aliphatic imine (C=N–C) groups is 1. The minimum Gasteiger partial charge on any atom is -0.370 e. The zero-order valence-electron chi connectivity index (χ0n) is 12.8. The van der Waals surface area contributed by atoms with Crippen molar-refractivity contribution in [3.05, 3.63) is 41.4 Å². The van der Waals surface area contributed by atoms with Crippen molar-refractivity contribution in [2.24, 2.45) is 10.7 Å². The van der Waals surface area contributed by atoms with Crippen molar-refractivity contribution in [1.82, 2.24) is 10.3 Å². The molecule has 0 aliphatic heterocycles. The van der Waals surface area contributed by atoms with Crippen LogP contribution >= 0.6 is 35.3 Å². The SMILES string of the molecule is CCCCN=C(N)NCCc1csc(-c2ccccc2)n1.I. The lowest BCUT2D eigenvalue weighted by Crippen LogP contribution is -2.33. The van der Waals surface area contributed by atoms with E-state index in [2.05, 4.69) is 39.7 Å². The third kappa shape index (κ3) is 6.31. The maximum atomic E-state index is 5.80. The molecule has 0 fully saturated rings. The second-order valence-electron chi connectivity index (χ2n) is 4.81. The van der Waals surface area contributed by atoms with Crippen LogP contribution in [0.2, 0.25) is 0 Å². The van der Waals surface area contributed by atoms with E-state index in [1.54, 1.807) is 11.3 Å². The fraction of sp³-hybridized carbons (Fsp3) is 0.375. The van der Waals surface area contributed by atoms with Gasteiger partial charge in [0.05, 0.1) is 5.69 Å². The fourth-order valence-electron chi connectivity index (χ4n) is 1.87. The average molecular weight is 430 g/mol. The van der Waals surface area contributed by atoms with Gasteiger partial charge in [-0.2, -0.15) is 0 Å². The predicted molar refractivity (Wildman–Crippen MR) is 106 cm³/mol. The molecule has 0 bridgehead atoms. The highest BCUT2D eigenvalue weighted by molar-refractivity contribution is 14.0. The molecule has 3 N–H and O–H groups in total. The predicted octanol–water partition coefficient (Wildman–Crippen LogP) is 3.68. The Labute approximate surface area is 153 Å². The van der Waals surface area contributed by atoms with Gasteiger partial charge >= 0.3 is 0 Å². The molecule has 0 saturated heterocycles. The number of nitrogens with two attached hydrogens (primary N) is 1. The Morgan fingerprint density at radius 2 is 2.09 bits per heavy atom. The molecule has 2 rings (SSSR count). The van der Waals surface area contributed by atoms with Crippen LogP contribution in [0, 0.1) is 0 Å². The van der Waals surface area contributed by atoms with Gasteiger partial charge in [0.1, 0.15) is 5.01 Å². The summed E-state index contributed by atoms with van der Waals surface area (Å²) in [5, 5.41) is 6.30. The van der Waals surface area contributed by atoms with Crippen LogP contribution in [0.15, 0.2) is 40.7 Å². The Morgan fingerprint density at radius 3 is 2.82 bits per heavy atom. The number of thiazole rings is 1. The first-order valence-electron chi connectivity index (χ1n) is 7.33. The molecule has 1 aromatic carbocycles. The van der Waals surface area contributed by atoms with Crippen LogP contribution in [0.25, 0.3) is 10.6 Å². The lowest BCUT2D eigenvalue weighted by Gasteiger charge is -2.03. The molecular weight excluding hydrogens is 407 g/mol. The van der Waals surface area contributed by atoms with E-state index >= 15 is 0 Å². The van der Waals surface area contributed by atoms with Crippen molar-refractivity contribution in [1.29, 1.82) is 0 Å². The zero-order valence-corrected chi connectivity index (χ0v) is 15.9. The number of nitrogens with zero attached hydrogens (tertiary/aromatic N) is 2.